The highest BCUT2D eigenvalue weighted by Gasteiger charge is 2.11. The maximum Gasteiger partial charge on any atom is 0.122 e. The molecule has 1 heterocycles. The van der Waals surface area contributed by atoms with E-state index >= 15 is 0 Å². The molecular weight excluding hydrogens is 295 g/mol. The Bertz CT molecular complexity index is 382. The zero-order valence-corrected chi connectivity index (χ0v) is 13.9. The molecule has 0 aromatic heterocycles. The first-order valence-corrected chi connectivity index (χ1v) is 6.90. The van der Waals surface area contributed by atoms with E-state index in [2.05, 4.69) is 42.7 Å². The van der Waals surface area contributed by atoms with Crippen LogP contribution < -0.4 is 15.4 Å². The molecule has 1 atom stereocenters. The number of ether oxygens (including phenoxy) is 1. The first-order chi connectivity index (χ1) is 8.75. The summed E-state index contributed by atoms with van der Waals surface area (Å²) >= 11 is 0. The standard InChI is InChI=1S/C15H24N2O.2ClH/c1-12-5-6-13(2)15(10-12)18-9-8-17-14-4-3-7-16-11-14;;/h5-6,10,14,16-17H,3-4,7-9,11H2,1-2H3;2*1H. The molecule has 1 aromatic carbocycles. The van der Waals surface area contributed by atoms with Crippen LogP contribution in [-0.2, 0) is 0 Å². The van der Waals surface area contributed by atoms with Crippen LogP contribution in [0.1, 0.15) is 24.0 Å². The smallest absolute Gasteiger partial charge is 0.122 e. The molecule has 0 saturated carbocycles. The number of piperidine rings is 1. The molecule has 1 fully saturated rings. The van der Waals surface area contributed by atoms with E-state index in [9.17, 15) is 0 Å². The molecule has 1 aliphatic rings. The van der Waals surface area contributed by atoms with Gasteiger partial charge in [-0.05, 0) is 50.4 Å². The van der Waals surface area contributed by atoms with Crippen LogP contribution in [0.4, 0.5) is 0 Å². The lowest BCUT2D eigenvalue weighted by atomic mass is 10.1. The number of hydrogen-bond donors (Lipinski definition) is 2. The molecule has 0 aliphatic carbocycles. The minimum Gasteiger partial charge on any atom is -0.492 e. The van der Waals surface area contributed by atoms with E-state index in [4.69, 9.17) is 4.74 Å². The molecule has 1 saturated heterocycles. The highest BCUT2D eigenvalue weighted by atomic mass is 35.5. The number of aryl methyl sites for hydroxylation is 2. The van der Waals surface area contributed by atoms with Crippen LogP contribution >= 0.6 is 24.8 Å². The lowest BCUT2D eigenvalue weighted by molar-refractivity contribution is 0.292. The van der Waals surface area contributed by atoms with Gasteiger partial charge < -0.3 is 15.4 Å². The summed E-state index contributed by atoms with van der Waals surface area (Å²) in [6.07, 6.45) is 2.55. The number of rotatable bonds is 5. The Kier molecular flexibility index (Phi) is 10.0. The van der Waals surface area contributed by atoms with Crippen LogP contribution in [0.15, 0.2) is 18.2 Å². The van der Waals surface area contributed by atoms with Crippen molar-refractivity contribution in [3.63, 3.8) is 0 Å². The number of nitrogens with one attached hydrogen (secondary N) is 2. The van der Waals surface area contributed by atoms with E-state index in [-0.39, 0.29) is 24.8 Å². The summed E-state index contributed by atoms with van der Waals surface area (Å²) in [6.45, 7) is 8.09. The molecule has 5 heteroatoms. The van der Waals surface area contributed by atoms with Crippen molar-refractivity contribution in [1.82, 2.24) is 10.6 Å². The van der Waals surface area contributed by atoms with E-state index in [0.29, 0.717) is 6.04 Å². The van der Waals surface area contributed by atoms with Gasteiger partial charge in [-0.25, -0.2) is 0 Å². The van der Waals surface area contributed by atoms with Gasteiger partial charge in [0.15, 0.2) is 0 Å². The molecule has 0 bridgehead atoms. The largest absolute Gasteiger partial charge is 0.492 e. The van der Waals surface area contributed by atoms with Gasteiger partial charge in [0.2, 0.25) is 0 Å². The molecule has 20 heavy (non-hydrogen) atoms. The fourth-order valence-electron chi connectivity index (χ4n) is 2.31. The molecule has 116 valence electrons. The molecule has 0 spiro atoms. The third-order valence-electron chi connectivity index (χ3n) is 3.43. The van der Waals surface area contributed by atoms with Crippen LogP contribution in [0.25, 0.3) is 0 Å². The summed E-state index contributed by atoms with van der Waals surface area (Å²) in [5.41, 5.74) is 2.46. The maximum atomic E-state index is 5.83. The van der Waals surface area contributed by atoms with Crippen LogP contribution in [0, 0.1) is 13.8 Å². The Balaban J connectivity index is 0.00000180. The van der Waals surface area contributed by atoms with Crippen molar-refractivity contribution in [2.75, 3.05) is 26.2 Å². The third kappa shape index (κ3) is 6.31. The summed E-state index contributed by atoms with van der Waals surface area (Å²) in [5, 5.41) is 6.95. The first-order valence-electron chi connectivity index (χ1n) is 6.90. The zero-order valence-electron chi connectivity index (χ0n) is 12.3. The van der Waals surface area contributed by atoms with Crippen LogP contribution in [0.3, 0.4) is 0 Å². The van der Waals surface area contributed by atoms with Crippen molar-refractivity contribution < 1.29 is 4.74 Å². The molecule has 3 nitrogen and oxygen atoms in total. The molecule has 2 rings (SSSR count). The fourth-order valence-corrected chi connectivity index (χ4v) is 2.31. The Morgan fingerprint density at radius 3 is 2.80 bits per heavy atom. The van der Waals surface area contributed by atoms with E-state index < -0.39 is 0 Å². The lowest BCUT2D eigenvalue weighted by Crippen LogP contribution is -2.44. The van der Waals surface area contributed by atoms with Crippen LogP contribution in [-0.4, -0.2) is 32.3 Å². The van der Waals surface area contributed by atoms with Crippen molar-refractivity contribution in [3.05, 3.63) is 29.3 Å². The molecular formula is C15H26Cl2N2O. The van der Waals surface area contributed by atoms with Gasteiger partial charge in [0, 0.05) is 19.1 Å². The highest BCUT2D eigenvalue weighted by molar-refractivity contribution is 5.85. The van der Waals surface area contributed by atoms with Crippen molar-refractivity contribution in [3.8, 4) is 5.75 Å². The van der Waals surface area contributed by atoms with Gasteiger partial charge in [-0.3, -0.25) is 0 Å². The quantitative estimate of drug-likeness (QED) is 0.818. The molecule has 2 N–H and O–H groups in total. The van der Waals surface area contributed by atoms with Gasteiger partial charge in [-0.2, -0.15) is 0 Å². The predicted molar refractivity (Wildman–Crippen MR) is 89.8 cm³/mol. The number of halogens is 2. The van der Waals surface area contributed by atoms with Gasteiger partial charge in [-0.15, -0.1) is 24.8 Å². The van der Waals surface area contributed by atoms with Gasteiger partial charge in [0.25, 0.3) is 0 Å². The van der Waals surface area contributed by atoms with Crippen LogP contribution in [0.2, 0.25) is 0 Å². The van der Waals surface area contributed by atoms with Gasteiger partial charge in [0.1, 0.15) is 12.4 Å². The van der Waals surface area contributed by atoms with Crippen molar-refractivity contribution in [2.45, 2.75) is 32.7 Å². The highest BCUT2D eigenvalue weighted by Crippen LogP contribution is 2.18. The summed E-state index contributed by atoms with van der Waals surface area (Å²) in [5.74, 6) is 1.01. The van der Waals surface area contributed by atoms with Crippen molar-refractivity contribution >= 4 is 24.8 Å². The van der Waals surface area contributed by atoms with E-state index in [0.717, 1.165) is 32.0 Å². The Morgan fingerprint density at radius 1 is 1.30 bits per heavy atom. The Morgan fingerprint density at radius 2 is 2.10 bits per heavy atom. The van der Waals surface area contributed by atoms with Gasteiger partial charge in [-0.1, -0.05) is 12.1 Å². The average molecular weight is 321 g/mol. The lowest BCUT2D eigenvalue weighted by Gasteiger charge is -2.24. The van der Waals surface area contributed by atoms with E-state index in [1.807, 2.05) is 0 Å². The van der Waals surface area contributed by atoms with Gasteiger partial charge >= 0.3 is 0 Å². The van der Waals surface area contributed by atoms with Gasteiger partial charge in [0.05, 0.1) is 0 Å². The first kappa shape index (κ1) is 19.5. The minimum absolute atomic E-state index is 0. The summed E-state index contributed by atoms with van der Waals surface area (Å²) in [6, 6.07) is 6.95. The Labute approximate surface area is 134 Å². The van der Waals surface area contributed by atoms with Crippen molar-refractivity contribution in [2.24, 2.45) is 0 Å². The minimum atomic E-state index is 0. The average Bonchev–Trinajstić information content (AvgIpc) is 2.40. The number of hydrogen-bond acceptors (Lipinski definition) is 3. The normalized spacial score (nSPS) is 17.8. The molecule has 0 amide bonds. The molecule has 1 aliphatic heterocycles. The van der Waals surface area contributed by atoms with Crippen LogP contribution in [0.5, 0.6) is 5.75 Å². The zero-order chi connectivity index (χ0) is 12.8. The summed E-state index contributed by atoms with van der Waals surface area (Å²) in [4.78, 5) is 0. The SMILES string of the molecule is Cc1ccc(C)c(OCCNC2CCCNC2)c1.Cl.Cl. The maximum absolute atomic E-state index is 5.83. The molecule has 1 unspecified atom stereocenters. The molecule has 0 radical (unpaired) electrons. The Hall–Kier alpha value is -0.480. The second kappa shape index (κ2) is 10.3. The third-order valence-corrected chi connectivity index (χ3v) is 3.43. The second-order valence-corrected chi connectivity index (χ2v) is 5.11. The van der Waals surface area contributed by atoms with Crippen molar-refractivity contribution in [1.29, 1.82) is 0 Å². The predicted octanol–water partition coefficient (Wildman–Crippen LogP) is 2.87. The van der Waals surface area contributed by atoms with E-state index in [1.54, 1.807) is 0 Å². The second-order valence-electron chi connectivity index (χ2n) is 5.11. The summed E-state index contributed by atoms with van der Waals surface area (Å²) < 4.78 is 5.83. The fraction of sp³-hybridized carbons (Fsp3) is 0.600. The van der Waals surface area contributed by atoms with E-state index in [1.165, 1.54) is 24.0 Å². The monoisotopic (exact) mass is 320 g/mol. The number of benzene rings is 1. The summed E-state index contributed by atoms with van der Waals surface area (Å²) in [7, 11) is 0. The topological polar surface area (TPSA) is 33.3 Å². The molecule has 1 aromatic rings.